The number of anilines is 3. The number of nitrogens with two attached hydrogens (primary N) is 1. The van der Waals surface area contributed by atoms with Crippen molar-refractivity contribution in [3.05, 3.63) is 35.8 Å². The fourth-order valence-corrected chi connectivity index (χ4v) is 5.56. The maximum absolute atomic E-state index is 12.4. The Bertz CT molecular complexity index is 1320. The predicted octanol–water partition coefficient (Wildman–Crippen LogP) is 1.91. The molecule has 2 aliphatic carbocycles. The van der Waals surface area contributed by atoms with E-state index < -0.39 is 17.2 Å². The Morgan fingerprint density at radius 3 is 2.51 bits per heavy atom. The summed E-state index contributed by atoms with van der Waals surface area (Å²) in [4.78, 5) is 31.3. The van der Waals surface area contributed by atoms with Crippen molar-refractivity contribution in [3.63, 3.8) is 0 Å². The van der Waals surface area contributed by atoms with Gasteiger partial charge >= 0.3 is 0 Å². The largest absolute Gasteiger partial charge is 0.369 e. The minimum atomic E-state index is -0.821. The van der Waals surface area contributed by atoms with Crippen LogP contribution in [0.3, 0.4) is 0 Å². The SMILES string of the molecule is CNC(=O)c1nnc(C2(C(N)=O)CC2)cc1Nc1nc2ccc(N3CC4(CCCCC4)C3)cn2n1. The van der Waals surface area contributed by atoms with Gasteiger partial charge in [-0.05, 0) is 43.9 Å². The van der Waals surface area contributed by atoms with Crippen LogP contribution in [0.15, 0.2) is 24.4 Å². The molecule has 0 unspecified atom stereocenters. The normalized spacial score (nSPS) is 19.9. The average molecular weight is 476 g/mol. The maximum Gasteiger partial charge on any atom is 0.273 e. The first kappa shape index (κ1) is 21.8. The number of primary amides is 1. The standard InChI is InChI=1S/C24H29N9O2/c1-26-20(34)19-16(11-17(29-30-19)24(9-10-24)21(25)35)27-22-28-18-6-5-15(12-33(18)31-22)32-13-23(14-32)7-3-2-4-8-23/h5-6,11-12H,2-4,7-10,13-14H2,1H3,(H2,25,35)(H,26,34)(H,27,29,31). The van der Waals surface area contributed by atoms with Crippen LogP contribution in [-0.2, 0) is 10.2 Å². The Kier molecular flexibility index (Phi) is 4.90. The molecule has 3 fully saturated rings. The van der Waals surface area contributed by atoms with Crippen LogP contribution in [0.25, 0.3) is 5.65 Å². The molecular formula is C24H29N9O2. The molecule has 1 saturated heterocycles. The van der Waals surface area contributed by atoms with Crippen LogP contribution < -0.4 is 21.3 Å². The van der Waals surface area contributed by atoms with Crippen molar-refractivity contribution in [3.8, 4) is 0 Å². The number of nitrogens with zero attached hydrogens (tertiary/aromatic N) is 6. The molecule has 3 aliphatic rings. The summed E-state index contributed by atoms with van der Waals surface area (Å²) in [6.07, 6.45) is 9.93. The monoisotopic (exact) mass is 475 g/mol. The van der Waals surface area contributed by atoms with Gasteiger partial charge in [0, 0.05) is 25.6 Å². The lowest BCUT2D eigenvalue weighted by atomic mass is 9.68. The number of fused-ring (bicyclic) bond motifs is 1. The van der Waals surface area contributed by atoms with Gasteiger partial charge in [-0.1, -0.05) is 19.3 Å². The summed E-state index contributed by atoms with van der Waals surface area (Å²) in [7, 11) is 1.52. The van der Waals surface area contributed by atoms with Gasteiger partial charge in [-0.15, -0.1) is 10.2 Å². The van der Waals surface area contributed by atoms with Crippen LogP contribution in [0.5, 0.6) is 0 Å². The van der Waals surface area contributed by atoms with E-state index in [0.717, 1.165) is 18.8 Å². The maximum atomic E-state index is 12.4. The molecule has 0 bridgehead atoms. The highest BCUT2D eigenvalue weighted by atomic mass is 16.2. The zero-order chi connectivity index (χ0) is 24.2. The number of aromatic nitrogens is 5. The van der Waals surface area contributed by atoms with E-state index in [1.807, 2.05) is 12.3 Å². The van der Waals surface area contributed by atoms with Gasteiger partial charge in [0.25, 0.3) is 5.91 Å². The van der Waals surface area contributed by atoms with Crippen molar-refractivity contribution in [2.75, 3.05) is 30.4 Å². The lowest BCUT2D eigenvalue weighted by molar-refractivity contribution is -0.120. The Morgan fingerprint density at radius 2 is 1.83 bits per heavy atom. The van der Waals surface area contributed by atoms with E-state index in [1.54, 1.807) is 10.6 Å². The van der Waals surface area contributed by atoms with E-state index in [0.29, 0.717) is 41.2 Å². The van der Waals surface area contributed by atoms with Gasteiger partial charge in [-0.25, -0.2) is 4.52 Å². The van der Waals surface area contributed by atoms with Gasteiger partial charge in [-0.3, -0.25) is 9.59 Å². The zero-order valence-corrected chi connectivity index (χ0v) is 19.8. The number of hydrogen-bond acceptors (Lipinski definition) is 8. The molecule has 4 heterocycles. The summed E-state index contributed by atoms with van der Waals surface area (Å²) in [5.74, 6) is -0.525. The highest BCUT2D eigenvalue weighted by Gasteiger charge is 2.52. The Balaban J connectivity index is 1.26. The van der Waals surface area contributed by atoms with Gasteiger partial charge < -0.3 is 21.3 Å². The van der Waals surface area contributed by atoms with Gasteiger partial charge in [0.1, 0.15) is 0 Å². The van der Waals surface area contributed by atoms with E-state index in [9.17, 15) is 9.59 Å². The summed E-state index contributed by atoms with van der Waals surface area (Å²) in [5, 5.41) is 18.5. The molecule has 3 aromatic rings. The van der Waals surface area contributed by atoms with E-state index in [-0.39, 0.29) is 5.69 Å². The highest BCUT2D eigenvalue weighted by Crippen LogP contribution is 2.48. The second-order valence-electron chi connectivity index (χ2n) is 10.2. The number of carbonyl (C=O) groups excluding carboxylic acids is 2. The van der Waals surface area contributed by atoms with Crippen LogP contribution in [-0.4, -0.2) is 56.7 Å². The topological polar surface area (TPSA) is 143 Å². The molecule has 0 aromatic carbocycles. The number of rotatable bonds is 6. The molecule has 182 valence electrons. The van der Waals surface area contributed by atoms with Crippen LogP contribution in [0.2, 0.25) is 0 Å². The van der Waals surface area contributed by atoms with Crippen LogP contribution in [0, 0.1) is 5.41 Å². The van der Waals surface area contributed by atoms with Crippen molar-refractivity contribution >= 4 is 34.8 Å². The summed E-state index contributed by atoms with van der Waals surface area (Å²) >= 11 is 0. The third-order valence-corrected chi connectivity index (χ3v) is 7.84. The third-order valence-electron chi connectivity index (χ3n) is 7.84. The minimum Gasteiger partial charge on any atom is -0.369 e. The minimum absolute atomic E-state index is 0.0921. The van der Waals surface area contributed by atoms with E-state index in [2.05, 4.69) is 41.9 Å². The van der Waals surface area contributed by atoms with E-state index in [1.165, 1.54) is 39.2 Å². The lowest BCUT2D eigenvalue weighted by Gasteiger charge is -2.53. The molecule has 0 radical (unpaired) electrons. The Labute approximate surface area is 202 Å². The van der Waals surface area contributed by atoms with Crippen molar-refractivity contribution in [1.29, 1.82) is 0 Å². The first-order chi connectivity index (χ1) is 16.9. The third kappa shape index (κ3) is 3.65. The number of carbonyl (C=O) groups is 2. The van der Waals surface area contributed by atoms with Crippen LogP contribution in [0.1, 0.15) is 61.1 Å². The molecular weight excluding hydrogens is 446 g/mol. The molecule has 35 heavy (non-hydrogen) atoms. The average Bonchev–Trinajstić information content (AvgIpc) is 3.57. The summed E-state index contributed by atoms with van der Waals surface area (Å²) in [6, 6.07) is 5.67. The smallest absolute Gasteiger partial charge is 0.273 e. The van der Waals surface area contributed by atoms with Crippen LogP contribution >= 0.6 is 0 Å². The zero-order valence-electron chi connectivity index (χ0n) is 19.8. The Morgan fingerprint density at radius 1 is 1.06 bits per heavy atom. The summed E-state index contributed by atoms with van der Waals surface area (Å²) in [6.45, 7) is 2.20. The fourth-order valence-electron chi connectivity index (χ4n) is 5.56. The van der Waals surface area contributed by atoms with Crippen molar-refractivity contribution in [2.24, 2.45) is 11.1 Å². The van der Waals surface area contributed by atoms with Gasteiger partial charge in [0.2, 0.25) is 11.9 Å². The number of nitrogens with one attached hydrogen (secondary N) is 2. The molecule has 11 heteroatoms. The van der Waals surface area contributed by atoms with Crippen molar-refractivity contribution in [1.82, 2.24) is 30.1 Å². The predicted molar refractivity (Wildman–Crippen MR) is 130 cm³/mol. The molecule has 11 nitrogen and oxygen atoms in total. The number of hydrogen-bond donors (Lipinski definition) is 3. The quantitative estimate of drug-likeness (QED) is 0.490. The molecule has 0 atom stereocenters. The van der Waals surface area contributed by atoms with Gasteiger partial charge in [0.05, 0.1) is 28.7 Å². The number of pyridine rings is 1. The summed E-state index contributed by atoms with van der Waals surface area (Å²) in [5.41, 5.74) is 8.00. The fraction of sp³-hybridized carbons (Fsp3) is 0.500. The highest BCUT2D eigenvalue weighted by molar-refractivity contribution is 5.98. The van der Waals surface area contributed by atoms with E-state index >= 15 is 0 Å². The van der Waals surface area contributed by atoms with Gasteiger partial charge in [0.15, 0.2) is 11.3 Å². The van der Waals surface area contributed by atoms with E-state index in [4.69, 9.17) is 5.73 Å². The molecule has 2 amide bonds. The molecule has 6 rings (SSSR count). The first-order valence-electron chi connectivity index (χ1n) is 12.2. The second kappa shape index (κ2) is 7.89. The summed E-state index contributed by atoms with van der Waals surface area (Å²) < 4.78 is 1.74. The molecule has 1 spiro atoms. The molecule has 4 N–H and O–H groups in total. The van der Waals surface area contributed by atoms with Crippen molar-refractivity contribution in [2.45, 2.75) is 50.4 Å². The molecule has 3 aromatic heterocycles. The second-order valence-corrected chi connectivity index (χ2v) is 10.2. The van der Waals surface area contributed by atoms with Crippen molar-refractivity contribution < 1.29 is 9.59 Å². The Hall–Kier alpha value is -3.76. The lowest BCUT2D eigenvalue weighted by Crippen LogP contribution is -2.57. The number of amides is 2. The molecule has 1 aliphatic heterocycles. The first-order valence-corrected chi connectivity index (χ1v) is 12.2. The van der Waals surface area contributed by atoms with Gasteiger partial charge in [-0.2, -0.15) is 10.1 Å². The van der Waals surface area contributed by atoms with Crippen LogP contribution in [0.4, 0.5) is 17.3 Å². The molecule has 2 saturated carbocycles.